The quantitative estimate of drug-likeness (QED) is 0.577. The van der Waals surface area contributed by atoms with Crippen LogP contribution in [0.15, 0.2) is 42.7 Å². The van der Waals surface area contributed by atoms with Crippen LogP contribution in [0.3, 0.4) is 0 Å². The Labute approximate surface area is 204 Å². The summed E-state index contributed by atoms with van der Waals surface area (Å²) in [6.45, 7) is 4.72. The number of ether oxygens (including phenoxy) is 1. The van der Waals surface area contributed by atoms with Gasteiger partial charge in [0.15, 0.2) is 11.5 Å². The normalized spacial score (nSPS) is 17.0. The Morgan fingerprint density at radius 3 is 2.33 bits per heavy atom. The van der Waals surface area contributed by atoms with Crippen LogP contribution in [0.4, 0.5) is 18.9 Å². The molecule has 13 heteroatoms. The summed E-state index contributed by atoms with van der Waals surface area (Å²) in [4.78, 5) is 34.6. The molecule has 3 aromatic rings. The molecule has 0 bridgehead atoms. The van der Waals surface area contributed by atoms with Gasteiger partial charge in [0, 0.05) is 38.3 Å². The predicted molar refractivity (Wildman–Crippen MR) is 122 cm³/mol. The maximum Gasteiger partial charge on any atom is 0.490 e. The first kappa shape index (κ1) is 25.4. The van der Waals surface area contributed by atoms with Crippen molar-refractivity contribution in [2.75, 3.05) is 44.3 Å². The molecule has 2 fully saturated rings. The van der Waals surface area contributed by atoms with Crippen LogP contribution in [0.1, 0.15) is 35.1 Å². The van der Waals surface area contributed by atoms with Gasteiger partial charge in [-0.15, -0.1) is 0 Å². The van der Waals surface area contributed by atoms with E-state index in [0.29, 0.717) is 18.8 Å². The number of fused-ring (bicyclic) bond motifs is 1. The molecule has 10 nitrogen and oxygen atoms in total. The van der Waals surface area contributed by atoms with Gasteiger partial charge in [-0.1, -0.05) is 6.07 Å². The maximum atomic E-state index is 12.6. The van der Waals surface area contributed by atoms with Crippen molar-refractivity contribution in [2.45, 2.75) is 24.9 Å². The van der Waals surface area contributed by atoms with Gasteiger partial charge in [-0.2, -0.15) is 18.3 Å². The van der Waals surface area contributed by atoms with Gasteiger partial charge in [0.25, 0.3) is 5.91 Å². The van der Waals surface area contributed by atoms with E-state index in [2.05, 4.69) is 22.1 Å². The van der Waals surface area contributed by atoms with Crippen molar-refractivity contribution in [3.05, 3.63) is 54.2 Å². The Morgan fingerprint density at radius 1 is 1.03 bits per heavy atom. The second kappa shape index (κ2) is 10.9. The molecule has 0 spiro atoms. The first-order valence-corrected chi connectivity index (χ1v) is 11.4. The summed E-state index contributed by atoms with van der Waals surface area (Å²) in [5.74, 6) is -1.61. The smallest absolute Gasteiger partial charge is 0.475 e. The molecule has 2 aliphatic heterocycles. The van der Waals surface area contributed by atoms with E-state index in [9.17, 15) is 18.0 Å². The number of halogens is 3. The van der Waals surface area contributed by atoms with E-state index < -0.39 is 12.1 Å². The van der Waals surface area contributed by atoms with Gasteiger partial charge in [0.05, 0.1) is 25.1 Å². The lowest BCUT2D eigenvalue weighted by atomic mass is 9.96. The molecule has 36 heavy (non-hydrogen) atoms. The van der Waals surface area contributed by atoms with Gasteiger partial charge in [-0.3, -0.25) is 9.78 Å². The summed E-state index contributed by atoms with van der Waals surface area (Å²) in [7, 11) is 0. The second-order valence-corrected chi connectivity index (χ2v) is 8.34. The molecule has 0 aromatic carbocycles. The highest BCUT2D eigenvalue weighted by atomic mass is 19.4. The zero-order valence-corrected chi connectivity index (χ0v) is 19.3. The first-order valence-electron chi connectivity index (χ1n) is 11.4. The van der Waals surface area contributed by atoms with Crippen LogP contribution >= 0.6 is 0 Å². The Morgan fingerprint density at radius 2 is 1.72 bits per heavy atom. The van der Waals surface area contributed by atoms with Crippen LogP contribution < -0.4 is 4.90 Å². The zero-order valence-electron chi connectivity index (χ0n) is 19.3. The number of hydrogen-bond donors (Lipinski definition) is 1. The molecule has 0 saturated carbocycles. The number of pyridine rings is 2. The van der Waals surface area contributed by atoms with Crippen LogP contribution in [0.25, 0.3) is 5.65 Å². The number of hydrogen-bond acceptors (Lipinski definition) is 7. The molecule has 0 aliphatic carbocycles. The highest BCUT2D eigenvalue weighted by molar-refractivity contribution is 5.92. The fourth-order valence-electron chi connectivity index (χ4n) is 4.06. The van der Waals surface area contributed by atoms with Gasteiger partial charge in [-0.05, 0) is 37.1 Å². The van der Waals surface area contributed by atoms with Crippen molar-refractivity contribution >= 4 is 23.2 Å². The molecule has 192 valence electrons. The third kappa shape index (κ3) is 6.08. The molecular formula is C23H25F3N6O4. The molecule has 5 heterocycles. The number of carboxylic acid groups (broad SMARTS) is 1. The lowest BCUT2D eigenvalue weighted by molar-refractivity contribution is -0.192. The summed E-state index contributed by atoms with van der Waals surface area (Å²) >= 11 is 0. The minimum absolute atomic E-state index is 0.00200. The second-order valence-electron chi connectivity index (χ2n) is 8.34. The fraction of sp³-hybridized carbons (Fsp3) is 0.435. The molecule has 0 radical (unpaired) electrons. The van der Waals surface area contributed by atoms with Crippen molar-refractivity contribution in [3.8, 4) is 0 Å². The highest BCUT2D eigenvalue weighted by Crippen LogP contribution is 2.27. The van der Waals surface area contributed by atoms with Crippen molar-refractivity contribution in [1.82, 2.24) is 24.5 Å². The summed E-state index contributed by atoms with van der Waals surface area (Å²) in [6.07, 6.45) is 0.361. The van der Waals surface area contributed by atoms with Gasteiger partial charge in [-0.25, -0.2) is 14.3 Å². The summed E-state index contributed by atoms with van der Waals surface area (Å²) in [6, 6.07) is 9.57. The lowest BCUT2D eigenvalue weighted by Crippen LogP contribution is -2.38. The van der Waals surface area contributed by atoms with Gasteiger partial charge >= 0.3 is 12.1 Å². The average molecular weight is 506 g/mol. The average Bonchev–Trinajstić information content (AvgIpc) is 3.33. The number of anilines is 1. The van der Waals surface area contributed by atoms with E-state index in [1.54, 1.807) is 12.3 Å². The van der Waals surface area contributed by atoms with Crippen LogP contribution in [0, 0.1) is 0 Å². The number of morpholine rings is 1. The summed E-state index contributed by atoms with van der Waals surface area (Å²) < 4.78 is 39.1. The lowest BCUT2D eigenvalue weighted by Gasteiger charge is -2.30. The number of rotatable bonds is 3. The van der Waals surface area contributed by atoms with E-state index >= 15 is 0 Å². The van der Waals surface area contributed by atoms with Crippen LogP contribution in [-0.4, -0.2) is 87.0 Å². The number of alkyl halides is 3. The number of carbonyl (C=O) groups excluding carboxylic acids is 1. The zero-order chi connectivity index (χ0) is 25.7. The molecule has 1 N–H and O–H groups in total. The van der Waals surface area contributed by atoms with Crippen LogP contribution in [0.2, 0.25) is 0 Å². The Bertz CT molecular complexity index is 1190. The third-order valence-corrected chi connectivity index (χ3v) is 5.98. The van der Waals surface area contributed by atoms with Crippen molar-refractivity contribution in [1.29, 1.82) is 0 Å². The van der Waals surface area contributed by atoms with Gasteiger partial charge < -0.3 is 19.6 Å². The number of aliphatic carboxylic acids is 1. The van der Waals surface area contributed by atoms with Gasteiger partial charge in [0.2, 0.25) is 0 Å². The Kier molecular flexibility index (Phi) is 7.67. The number of carboxylic acids is 1. The van der Waals surface area contributed by atoms with Crippen LogP contribution in [-0.2, 0) is 9.53 Å². The monoisotopic (exact) mass is 506 g/mol. The van der Waals surface area contributed by atoms with E-state index in [1.807, 2.05) is 27.6 Å². The largest absolute Gasteiger partial charge is 0.490 e. The third-order valence-electron chi connectivity index (χ3n) is 5.98. The number of piperidine rings is 1. The summed E-state index contributed by atoms with van der Waals surface area (Å²) in [5.41, 5.74) is 2.52. The number of amides is 1. The first-order chi connectivity index (χ1) is 17.2. The Balaban J connectivity index is 0.000000384. The van der Waals surface area contributed by atoms with Crippen molar-refractivity contribution in [2.24, 2.45) is 0 Å². The van der Waals surface area contributed by atoms with E-state index in [0.717, 1.165) is 56.3 Å². The number of carbonyl (C=O) groups is 2. The number of likely N-dealkylation sites (tertiary alicyclic amines) is 1. The molecule has 2 saturated heterocycles. The molecule has 0 unspecified atom stereocenters. The highest BCUT2D eigenvalue weighted by Gasteiger charge is 2.38. The minimum Gasteiger partial charge on any atom is -0.475 e. The van der Waals surface area contributed by atoms with E-state index in [1.165, 1.54) is 0 Å². The topological polar surface area (TPSA) is 113 Å². The standard InChI is InChI=1S/C21H24N6O2.C2HF3O2/c28-21(18-3-1-2-8-22-18)26-9-6-16(7-10-26)20-23-19-5-4-17(15-27(19)24-20)25-11-13-29-14-12-25;3-2(4,5)1(6)7/h1-5,8,15-16H,6-7,9-14H2;(H,6,7). The molecule has 3 aromatic heterocycles. The number of nitrogens with zero attached hydrogens (tertiary/aromatic N) is 6. The predicted octanol–water partition coefficient (Wildman–Crippen LogP) is 2.61. The van der Waals surface area contributed by atoms with E-state index in [4.69, 9.17) is 24.7 Å². The summed E-state index contributed by atoms with van der Waals surface area (Å²) in [5, 5.41) is 11.9. The maximum absolute atomic E-state index is 12.6. The molecule has 5 rings (SSSR count). The minimum atomic E-state index is -5.08. The van der Waals surface area contributed by atoms with Crippen molar-refractivity contribution < 1.29 is 32.6 Å². The molecular weight excluding hydrogens is 481 g/mol. The SMILES string of the molecule is O=C(O)C(F)(F)F.O=C(c1ccccn1)N1CCC(c2nc3ccc(N4CCOCC4)cn3n2)CC1. The molecule has 2 aliphatic rings. The van der Waals surface area contributed by atoms with Crippen molar-refractivity contribution in [3.63, 3.8) is 0 Å². The molecule has 1 amide bonds. The Hall–Kier alpha value is -3.74. The number of aromatic nitrogens is 4. The van der Waals surface area contributed by atoms with E-state index in [-0.39, 0.29) is 11.8 Å². The van der Waals surface area contributed by atoms with Crippen LogP contribution in [0.5, 0.6) is 0 Å². The molecule has 0 atom stereocenters. The van der Waals surface area contributed by atoms with Gasteiger partial charge in [0.1, 0.15) is 5.69 Å². The fourth-order valence-corrected chi connectivity index (χ4v) is 4.06.